The van der Waals surface area contributed by atoms with Crippen LogP contribution in [-0.2, 0) is 17.6 Å². The molecule has 1 fully saturated rings. The highest BCUT2D eigenvalue weighted by atomic mass is 32.1. The molecule has 2 aliphatic rings. The van der Waals surface area contributed by atoms with E-state index in [1.807, 2.05) is 6.92 Å². The highest BCUT2D eigenvalue weighted by Gasteiger charge is 2.33. The maximum Gasteiger partial charge on any atom is 0.267 e. The van der Waals surface area contributed by atoms with Crippen molar-refractivity contribution < 1.29 is 4.74 Å². The van der Waals surface area contributed by atoms with Crippen LogP contribution in [0.2, 0.25) is 0 Å². The summed E-state index contributed by atoms with van der Waals surface area (Å²) < 4.78 is 7.24. The van der Waals surface area contributed by atoms with Crippen LogP contribution < -0.4 is 10.9 Å². The minimum atomic E-state index is -0.0853. The Bertz CT molecular complexity index is 778. The van der Waals surface area contributed by atoms with Crippen molar-refractivity contribution in [2.45, 2.75) is 45.2 Å². The number of anilines is 1. The number of rotatable bonds is 3. The molecule has 1 aliphatic heterocycles. The number of thiazole rings is 1. The van der Waals surface area contributed by atoms with E-state index in [0.29, 0.717) is 13.2 Å². The number of nitrogens with one attached hydrogen (secondary N) is 1. The fraction of sp³-hybridized carbons (Fsp3) is 0.562. The molecule has 7 heteroatoms. The number of nitrogens with zero attached hydrogens (tertiary/aromatic N) is 3. The Labute approximate surface area is 138 Å². The molecule has 0 aromatic carbocycles. The summed E-state index contributed by atoms with van der Waals surface area (Å²) in [6, 6.07) is 1.69. The zero-order chi connectivity index (χ0) is 16.0. The molecule has 1 aliphatic carbocycles. The lowest BCUT2D eigenvalue weighted by atomic mass is 10.1. The predicted molar refractivity (Wildman–Crippen MR) is 89.4 cm³/mol. The van der Waals surface area contributed by atoms with Crippen LogP contribution in [0.15, 0.2) is 10.9 Å². The molecule has 1 saturated heterocycles. The molecule has 0 amide bonds. The Hall–Kier alpha value is -1.73. The third-order valence-electron chi connectivity index (χ3n) is 4.68. The fourth-order valence-electron chi connectivity index (χ4n) is 3.27. The van der Waals surface area contributed by atoms with Crippen molar-refractivity contribution >= 4 is 16.5 Å². The van der Waals surface area contributed by atoms with Crippen molar-refractivity contribution in [3.63, 3.8) is 0 Å². The number of hydrogen-bond acceptors (Lipinski definition) is 6. The topological polar surface area (TPSA) is 69.0 Å². The van der Waals surface area contributed by atoms with E-state index in [1.54, 1.807) is 22.1 Å². The molecule has 23 heavy (non-hydrogen) atoms. The first-order valence-corrected chi connectivity index (χ1v) is 8.83. The highest BCUT2D eigenvalue weighted by Crippen LogP contribution is 2.27. The van der Waals surface area contributed by atoms with E-state index >= 15 is 0 Å². The maximum atomic E-state index is 12.4. The third kappa shape index (κ3) is 2.68. The average Bonchev–Trinajstić information content (AvgIpc) is 3.20. The summed E-state index contributed by atoms with van der Waals surface area (Å²) in [7, 11) is 0. The molecule has 0 radical (unpaired) electrons. The monoisotopic (exact) mass is 332 g/mol. The Morgan fingerprint density at radius 3 is 3.00 bits per heavy atom. The summed E-state index contributed by atoms with van der Waals surface area (Å²) in [5.74, 6) is 0. The molecule has 2 unspecified atom stereocenters. The van der Waals surface area contributed by atoms with Gasteiger partial charge in [0.25, 0.3) is 5.56 Å². The van der Waals surface area contributed by atoms with Crippen LogP contribution in [0.25, 0.3) is 0 Å². The Morgan fingerprint density at radius 2 is 2.22 bits per heavy atom. The zero-order valence-corrected chi connectivity index (χ0v) is 14.2. The van der Waals surface area contributed by atoms with Gasteiger partial charge in [0.05, 0.1) is 30.6 Å². The smallest absolute Gasteiger partial charge is 0.267 e. The molecule has 2 atom stereocenters. The molecule has 122 valence electrons. The number of hydrogen-bond donors (Lipinski definition) is 1. The Morgan fingerprint density at radius 1 is 1.35 bits per heavy atom. The summed E-state index contributed by atoms with van der Waals surface area (Å²) in [6.45, 7) is 5.14. The molecule has 1 N–H and O–H groups in total. The molecule has 6 nitrogen and oxygen atoms in total. The van der Waals surface area contributed by atoms with Gasteiger partial charge < -0.3 is 10.1 Å². The molecule has 4 rings (SSSR count). The van der Waals surface area contributed by atoms with E-state index in [-0.39, 0.29) is 17.6 Å². The largest absolute Gasteiger partial charge is 0.377 e. The van der Waals surface area contributed by atoms with Crippen molar-refractivity contribution in [3.05, 3.63) is 38.2 Å². The lowest BCUT2D eigenvalue weighted by molar-refractivity contribution is 0.182. The molecule has 3 heterocycles. The zero-order valence-electron chi connectivity index (χ0n) is 13.3. The molecule has 0 bridgehead atoms. The number of aryl methyl sites for hydroxylation is 4. The van der Waals surface area contributed by atoms with Crippen molar-refractivity contribution in [2.75, 3.05) is 18.5 Å². The first-order valence-electron chi connectivity index (χ1n) is 8.02. The summed E-state index contributed by atoms with van der Waals surface area (Å²) in [4.78, 5) is 18.2. The van der Waals surface area contributed by atoms with Gasteiger partial charge in [-0.3, -0.25) is 4.79 Å². The van der Waals surface area contributed by atoms with Crippen LogP contribution in [0.4, 0.5) is 5.13 Å². The van der Waals surface area contributed by atoms with Gasteiger partial charge >= 0.3 is 0 Å². The summed E-state index contributed by atoms with van der Waals surface area (Å²) >= 11 is 1.64. The summed E-state index contributed by atoms with van der Waals surface area (Å²) in [6.07, 6.45) is 3.03. The van der Waals surface area contributed by atoms with E-state index in [2.05, 4.69) is 22.3 Å². The highest BCUT2D eigenvalue weighted by molar-refractivity contribution is 7.15. The van der Waals surface area contributed by atoms with Crippen LogP contribution in [0.5, 0.6) is 0 Å². The van der Waals surface area contributed by atoms with Gasteiger partial charge in [-0.2, -0.15) is 5.10 Å². The normalized spacial score (nSPS) is 23.2. The number of ether oxygens (including phenoxy) is 1. The third-order valence-corrected chi connectivity index (χ3v) is 5.69. The molecule has 0 saturated carbocycles. The molecular formula is C16H20N4O2S. The van der Waals surface area contributed by atoms with Crippen molar-refractivity contribution in [1.82, 2.24) is 14.8 Å². The van der Waals surface area contributed by atoms with Gasteiger partial charge in [0.15, 0.2) is 5.13 Å². The summed E-state index contributed by atoms with van der Waals surface area (Å²) in [5.41, 5.74) is 3.19. The van der Waals surface area contributed by atoms with E-state index in [1.165, 1.54) is 4.88 Å². The van der Waals surface area contributed by atoms with Gasteiger partial charge in [-0.1, -0.05) is 0 Å². The van der Waals surface area contributed by atoms with E-state index in [4.69, 9.17) is 4.74 Å². The van der Waals surface area contributed by atoms with Gasteiger partial charge in [-0.05, 0) is 38.7 Å². The van der Waals surface area contributed by atoms with Gasteiger partial charge in [-0.25, -0.2) is 9.67 Å². The van der Waals surface area contributed by atoms with Gasteiger partial charge in [0.1, 0.15) is 6.04 Å². The Kier molecular flexibility index (Phi) is 3.69. The van der Waals surface area contributed by atoms with Crippen LogP contribution in [0, 0.1) is 13.8 Å². The first-order chi connectivity index (χ1) is 11.1. The quantitative estimate of drug-likeness (QED) is 0.929. The second kappa shape index (κ2) is 5.72. The minimum absolute atomic E-state index is 0.0182. The van der Waals surface area contributed by atoms with Crippen molar-refractivity contribution in [3.8, 4) is 0 Å². The first kappa shape index (κ1) is 14.8. The van der Waals surface area contributed by atoms with E-state index < -0.39 is 0 Å². The molecule has 0 spiro atoms. The minimum Gasteiger partial charge on any atom is -0.377 e. The molecule has 2 aromatic heterocycles. The fourth-order valence-corrected chi connectivity index (χ4v) is 4.14. The standard InChI is InChI=1S/C16H20N4O2S/c1-9-10(2)23-16(17-9)18-13-7-22-8-14(13)20-15(21)6-11-4-3-5-12(11)19-20/h6,13-14H,3-5,7-8H2,1-2H3,(H,17,18). The average molecular weight is 332 g/mol. The van der Waals surface area contributed by atoms with Crippen LogP contribution in [0.3, 0.4) is 0 Å². The second-order valence-corrected chi connectivity index (χ2v) is 7.47. The predicted octanol–water partition coefficient (Wildman–Crippen LogP) is 1.86. The summed E-state index contributed by atoms with van der Waals surface area (Å²) in [5, 5.41) is 8.93. The van der Waals surface area contributed by atoms with Crippen LogP contribution in [0.1, 0.15) is 34.3 Å². The van der Waals surface area contributed by atoms with Crippen molar-refractivity contribution in [1.29, 1.82) is 0 Å². The van der Waals surface area contributed by atoms with Crippen LogP contribution >= 0.6 is 11.3 Å². The van der Waals surface area contributed by atoms with E-state index in [0.717, 1.165) is 41.3 Å². The van der Waals surface area contributed by atoms with Gasteiger partial charge in [0, 0.05) is 10.9 Å². The lowest BCUT2D eigenvalue weighted by Gasteiger charge is -2.20. The van der Waals surface area contributed by atoms with Crippen LogP contribution in [-0.4, -0.2) is 34.0 Å². The van der Waals surface area contributed by atoms with Gasteiger partial charge in [0.2, 0.25) is 0 Å². The van der Waals surface area contributed by atoms with Gasteiger partial charge in [-0.15, -0.1) is 11.3 Å². The molecular weight excluding hydrogens is 312 g/mol. The van der Waals surface area contributed by atoms with E-state index in [9.17, 15) is 4.79 Å². The number of aromatic nitrogens is 3. The maximum absolute atomic E-state index is 12.4. The lowest BCUT2D eigenvalue weighted by Crippen LogP contribution is -2.37. The SMILES string of the molecule is Cc1nc(NC2COCC2n2nc3c(cc2=O)CCC3)sc1C. The number of fused-ring (bicyclic) bond motifs is 1. The molecule has 2 aromatic rings. The van der Waals surface area contributed by atoms with Crippen molar-refractivity contribution in [2.24, 2.45) is 0 Å². The Balaban J connectivity index is 1.62. The second-order valence-electron chi connectivity index (χ2n) is 6.27.